The highest BCUT2D eigenvalue weighted by Gasteiger charge is 2.21. The molecule has 128 valence electrons. The zero-order valence-corrected chi connectivity index (χ0v) is 15.5. The van der Waals surface area contributed by atoms with Crippen LogP contribution in [0.25, 0.3) is 0 Å². The molecule has 0 fully saturated rings. The maximum atomic E-state index is 12.2. The molecular formula is C15H13Cl3N2O3S. The lowest BCUT2D eigenvalue weighted by Crippen LogP contribution is -2.37. The highest BCUT2D eigenvalue weighted by Crippen LogP contribution is 2.23. The molecule has 2 rings (SSSR count). The molecule has 2 aromatic rings. The topological polar surface area (TPSA) is 66.5 Å². The van der Waals surface area contributed by atoms with Crippen molar-refractivity contribution in [1.82, 2.24) is 0 Å². The van der Waals surface area contributed by atoms with Gasteiger partial charge >= 0.3 is 0 Å². The number of amides is 1. The number of anilines is 2. The number of carbonyl (C=O) groups is 1. The summed E-state index contributed by atoms with van der Waals surface area (Å²) in [4.78, 5) is 12.2. The summed E-state index contributed by atoms with van der Waals surface area (Å²) in [5.74, 6) is -0.534. The van der Waals surface area contributed by atoms with Crippen molar-refractivity contribution in [2.24, 2.45) is 0 Å². The predicted molar refractivity (Wildman–Crippen MR) is 98.7 cm³/mol. The predicted octanol–water partition coefficient (Wildman–Crippen LogP) is 4.05. The van der Waals surface area contributed by atoms with Crippen LogP contribution < -0.4 is 9.62 Å². The molecule has 9 heteroatoms. The quantitative estimate of drug-likeness (QED) is 0.813. The van der Waals surface area contributed by atoms with Gasteiger partial charge in [0.25, 0.3) is 0 Å². The Balaban J connectivity index is 2.20. The first kappa shape index (κ1) is 18.9. The first-order valence-electron chi connectivity index (χ1n) is 6.64. The largest absolute Gasteiger partial charge is 0.324 e. The fourth-order valence-electron chi connectivity index (χ4n) is 1.96. The van der Waals surface area contributed by atoms with E-state index in [-0.39, 0.29) is 0 Å². The van der Waals surface area contributed by atoms with Crippen molar-refractivity contribution in [3.8, 4) is 0 Å². The summed E-state index contributed by atoms with van der Waals surface area (Å²) in [6.45, 7) is -0.398. The van der Waals surface area contributed by atoms with Gasteiger partial charge in [0.15, 0.2) is 0 Å². The van der Waals surface area contributed by atoms with Crippen LogP contribution in [-0.2, 0) is 14.8 Å². The molecule has 0 saturated heterocycles. The Labute approximate surface area is 155 Å². The molecule has 0 aliphatic heterocycles. The molecule has 1 N–H and O–H groups in total. The zero-order valence-electron chi connectivity index (χ0n) is 12.5. The van der Waals surface area contributed by atoms with Crippen molar-refractivity contribution in [2.75, 3.05) is 22.4 Å². The van der Waals surface area contributed by atoms with Crippen molar-refractivity contribution in [3.05, 3.63) is 57.5 Å². The van der Waals surface area contributed by atoms with Crippen molar-refractivity contribution in [3.63, 3.8) is 0 Å². The van der Waals surface area contributed by atoms with Crippen LogP contribution in [0.4, 0.5) is 11.4 Å². The molecule has 0 aliphatic rings. The summed E-state index contributed by atoms with van der Waals surface area (Å²) in [6.07, 6.45) is 1.02. The van der Waals surface area contributed by atoms with E-state index in [9.17, 15) is 13.2 Å². The van der Waals surface area contributed by atoms with Crippen molar-refractivity contribution in [2.45, 2.75) is 0 Å². The van der Waals surface area contributed by atoms with Crippen LogP contribution in [0.5, 0.6) is 0 Å². The maximum absolute atomic E-state index is 12.2. The van der Waals surface area contributed by atoms with Gasteiger partial charge in [-0.1, -0.05) is 34.8 Å². The second-order valence-corrected chi connectivity index (χ2v) is 8.17. The van der Waals surface area contributed by atoms with Gasteiger partial charge in [0, 0.05) is 20.8 Å². The second-order valence-electron chi connectivity index (χ2n) is 4.95. The Morgan fingerprint density at radius 2 is 1.54 bits per heavy atom. The molecular weight excluding hydrogens is 395 g/mol. The first-order valence-corrected chi connectivity index (χ1v) is 9.62. The molecule has 0 bridgehead atoms. The summed E-state index contributed by atoms with van der Waals surface area (Å²) in [5, 5.41) is 3.74. The summed E-state index contributed by atoms with van der Waals surface area (Å²) >= 11 is 17.5. The van der Waals surface area contributed by atoms with Crippen LogP contribution in [0.1, 0.15) is 0 Å². The Bertz CT molecular complexity index is 835. The number of nitrogens with zero attached hydrogens (tertiary/aromatic N) is 1. The van der Waals surface area contributed by atoms with Crippen molar-refractivity contribution >= 4 is 62.1 Å². The lowest BCUT2D eigenvalue weighted by Gasteiger charge is -2.22. The van der Waals surface area contributed by atoms with E-state index in [0.717, 1.165) is 10.6 Å². The minimum Gasteiger partial charge on any atom is -0.324 e. The van der Waals surface area contributed by atoms with Crippen LogP contribution >= 0.6 is 34.8 Å². The monoisotopic (exact) mass is 406 g/mol. The van der Waals surface area contributed by atoms with E-state index in [1.165, 1.54) is 30.3 Å². The SMILES string of the molecule is CS(=O)(=O)N(CC(=O)Nc1cc(Cl)cc(Cl)c1)c1ccc(Cl)cc1. The Kier molecular flexibility index (Phi) is 5.98. The molecule has 24 heavy (non-hydrogen) atoms. The Morgan fingerprint density at radius 3 is 2.04 bits per heavy atom. The minimum atomic E-state index is -3.66. The molecule has 5 nitrogen and oxygen atoms in total. The van der Waals surface area contributed by atoms with E-state index in [1.807, 2.05) is 0 Å². The Hall–Kier alpha value is -1.47. The highest BCUT2D eigenvalue weighted by atomic mass is 35.5. The highest BCUT2D eigenvalue weighted by molar-refractivity contribution is 7.92. The fraction of sp³-hybridized carbons (Fsp3) is 0.133. The summed E-state index contributed by atoms with van der Waals surface area (Å²) in [7, 11) is -3.66. The van der Waals surface area contributed by atoms with Gasteiger partial charge in [-0.25, -0.2) is 8.42 Å². The third kappa shape index (κ3) is 5.27. The summed E-state index contributed by atoms with van der Waals surface area (Å²) in [5.41, 5.74) is 0.711. The second kappa shape index (κ2) is 7.61. The average molecular weight is 408 g/mol. The molecule has 0 radical (unpaired) electrons. The molecule has 0 atom stereocenters. The third-order valence-electron chi connectivity index (χ3n) is 2.95. The number of rotatable bonds is 5. The van der Waals surface area contributed by atoms with Crippen LogP contribution in [0.2, 0.25) is 15.1 Å². The van der Waals surface area contributed by atoms with E-state index in [2.05, 4.69) is 5.32 Å². The van der Waals surface area contributed by atoms with Crippen LogP contribution in [0.15, 0.2) is 42.5 Å². The van der Waals surface area contributed by atoms with Crippen molar-refractivity contribution < 1.29 is 13.2 Å². The number of sulfonamides is 1. The molecule has 2 aromatic carbocycles. The van der Waals surface area contributed by atoms with Gasteiger partial charge in [-0.2, -0.15) is 0 Å². The normalized spacial score (nSPS) is 11.2. The van der Waals surface area contributed by atoms with Gasteiger partial charge < -0.3 is 5.32 Å². The van der Waals surface area contributed by atoms with Crippen LogP contribution in [0.3, 0.4) is 0 Å². The van der Waals surface area contributed by atoms with E-state index < -0.39 is 22.5 Å². The average Bonchev–Trinajstić information content (AvgIpc) is 2.43. The first-order chi connectivity index (χ1) is 11.1. The van der Waals surface area contributed by atoms with E-state index in [4.69, 9.17) is 34.8 Å². The lowest BCUT2D eigenvalue weighted by molar-refractivity contribution is -0.114. The number of hydrogen-bond donors (Lipinski definition) is 1. The van der Waals surface area contributed by atoms with E-state index >= 15 is 0 Å². The van der Waals surface area contributed by atoms with Gasteiger partial charge in [-0.3, -0.25) is 9.10 Å². The molecule has 0 aromatic heterocycles. The molecule has 0 unspecified atom stereocenters. The molecule has 0 aliphatic carbocycles. The number of hydrogen-bond acceptors (Lipinski definition) is 3. The standard InChI is InChI=1S/C15H13Cl3N2O3S/c1-24(22,23)20(14-4-2-10(16)3-5-14)9-15(21)19-13-7-11(17)6-12(18)8-13/h2-8H,9H2,1H3,(H,19,21). The summed E-state index contributed by atoms with van der Waals surface area (Å²) < 4.78 is 24.9. The molecule has 0 spiro atoms. The van der Waals surface area contributed by atoms with Crippen LogP contribution in [0, 0.1) is 0 Å². The fourth-order valence-corrected chi connectivity index (χ4v) is 3.47. The van der Waals surface area contributed by atoms with Crippen molar-refractivity contribution in [1.29, 1.82) is 0 Å². The number of halogens is 3. The summed E-state index contributed by atoms with van der Waals surface area (Å²) in [6, 6.07) is 10.7. The molecule has 1 amide bonds. The maximum Gasteiger partial charge on any atom is 0.245 e. The molecule has 0 saturated carbocycles. The van der Waals surface area contributed by atoms with Gasteiger partial charge in [-0.15, -0.1) is 0 Å². The van der Waals surface area contributed by atoms with Crippen LogP contribution in [-0.4, -0.2) is 27.1 Å². The van der Waals surface area contributed by atoms with E-state index in [0.29, 0.717) is 26.4 Å². The van der Waals surface area contributed by atoms with Gasteiger partial charge in [0.05, 0.1) is 11.9 Å². The lowest BCUT2D eigenvalue weighted by atomic mass is 10.3. The molecule has 0 heterocycles. The number of carbonyl (C=O) groups excluding carboxylic acids is 1. The van der Waals surface area contributed by atoms with Gasteiger partial charge in [0.2, 0.25) is 15.9 Å². The Morgan fingerprint density at radius 1 is 1.00 bits per heavy atom. The third-order valence-corrected chi connectivity index (χ3v) is 4.78. The minimum absolute atomic E-state index is 0.334. The van der Waals surface area contributed by atoms with Gasteiger partial charge in [0.1, 0.15) is 6.54 Å². The van der Waals surface area contributed by atoms with E-state index in [1.54, 1.807) is 12.1 Å². The number of benzene rings is 2. The smallest absolute Gasteiger partial charge is 0.245 e. The number of nitrogens with one attached hydrogen (secondary N) is 1. The van der Waals surface area contributed by atoms with Gasteiger partial charge in [-0.05, 0) is 42.5 Å². The zero-order chi connectivity index (χ0) is 17.9.